The van der Waals surface area contributed by atoms with Gasteiger partial charge in [-0.3, -0.25) is 14.2 Å². The van der Waals surface area contributed by atoms with Gasteiger partial charge in [0.1, 0.15) is 22.6 Å². The summed E-state index contributed by atoms with van der Waals surface area (Å²) in [6, 6.07) is 21.6. The third kappa shape index (κ3) is 4.65. The zero-order valence-corrected chi connectivity index (χ0v) is 20.5. The molecule has 8 nitrogen and oxygen atoms in total. The van der Waals surface area contributed by atoms with Gasteiger partial charge in [0.15, 0.2) is 5.16 Å². The fraction of sp³-hybridized carbons (Fsp3) is 0.148. The molecule has 2 aromatic heterocycles. The number of aromatic nitrogens is 2. The van der Waals surface area contributed by atoms with Crippen LogP contribution in [0.1, 0.15) is 6.92 Å². The van der Waals surface area contributed by atoms with Crippen LogP contribution in [0, 0.1) is 0 Å². The van der Waals surface area contributed by atoms with Crippen molar-refractivity contribution in [1.82, 2.24) is 9.55 Å². The molecule has 0 aliphatic carbocycles. The van der Waals surface area contributed by atoms with Crippen LogP contribution in [0.15, 0.2) is 87.2 Å². The van der Waals surface area contributed by atoms with Crippen LogP contribution in [0.4, 0.5) is 5.69 Å². The van der Waals surface area contributed by atoms with E-state index in [0.29, 0.717) is 45.7 Å². The molecule has 0 spiro atoms. The number of hydrogen-bond donors (Lipinski definition) is 1. The summed E-state index contributed by atoms with van der Waals surface area (Å²) in [6.45, 7) is 2.44. The van der Waals surface area contributed by atoms with Crippen LogP contribution in [0.5, 0.6) is 11.5 Å². The summed E-state index contributed by atoms with van der Waals surface area (Å²) in [4.78, 5) is 31.1. The Morgan fingerprint density at radius 3 is 2.47 bits per heavy atom. The highest BCUT2D eigenvalue weighted by Crippen LogP contribution is 2.29. The van der Waals surface area contributed by atoms with Gasteiger partial charge in [0.05, 0.1) is 25.2 Å². The Morgan fingerprint density at radius 2 is 1.75 bits per heavy atom. The van der Waals surface area contributed by atoms with E-state index in [0.717, 1.165) is 5.39 Å². The van der Waals surface area contributed by atoms with Gasteiger partial charge < -0.3 is 19.2 Å². The minimum absolute atomic E-state index is 0.0524. The number of hydrogen-bond acceptors (Lipinski definition) is 7. The highest BCUT2D eigenvalue weighted by Gasteiger charge is 2.20. The van der Waals surface area contributed by atoms with Crippen LogP contribution in [-0.2, 0) is 4.79 Å². The van der Waals surface area contributed by atoms with Gasteiger partial charge in [-0.25, -0.2) is 4.98 Å². The smallest absolute Gasteiger partial charge is 0.302 e. The van der Waals surface area contributed by atoms with Gasteiger partial charge >= 0.3 is 5.56 Å². The van der Waals surface area contributed by atoms with E-state index in [1.54, 1.807) is 61.7 Å². The van der Waals surface area contributed by atoms with Crippen LogP contribution >= 0.6 is 11.8 Å². The van der Waals surface area contributed by atoms with Crippen molar-refractivity contribution in [1.29, 1.82) is 0 Å². The van der Waals surface area contributed by atoms with Crippen molar-refractivity contribution >= 4 is 45.4 Å². The molecule has 0 aliphatic rings. The summed E-state index contributed by atoms with van der Waals surface area (Å²) < 4.78 is 18.0. The third-order valence-corrected chi connectivity index (χ3v) is 6.42. The zero-order valence-electron chi connectivity index (χ0n) is 19.7. The molecule has 0 aliphatic heterocycles. The van der Waals surface area contributed by atoms with Crippen molar-refractivity contribution < 1.29 is 18.7 Å². The molecule has 0 unspecified atom stereocenters. The highest BCUT2D eigenvalue weighted by molar-refractivity contribution is 7.99. The first-order chi connectivity index (χ1) is 17.6. The van der Waals surface area contributed by atoms with Gasteiger partial charge in [-0.1, -0.05) is 23.9 Å². The van der Waals surface area contributed by atoms with Gasteiger partial charge in [-0.05, 0) is 67.6 Å². The van der Waals surface area contributed by atoms with Crippen LogP contribution in [0.2, 0.25) is 0 Å². The molecular weight excluding hydrogens is 478 g/mol. The quantitative estimate of drug-likeness (QED) is 0.229. The average molecular weight is 502 g/mol. The molecule has 0 bridgehead atoms. The molecule has 3 aromatic carbocycles. The number of carbonyl (C=O) groups is 1. The number of amides is 1. The fourth-order valence-electron chi connectivity index (χ4n) is 3.81. The summed E-state index contributed by atoms with van der Waals surface area (Å²) in [5.41, 5.74) is 2.10. The number of carbonyl (C=O) groups excluding carboxylic acids is 1. The molecule has 9 heteroatoms. The molecule has 0 saturated heterocycles. The number of thioether (sulfide) groups is 1. The molecule has 0 fully saturated rings. The van der Waals surface area contributed by atoms with Crippen molar-refractivity contribution in [3.05, 3.63) is 83.2 Å². The Bertz CT molecular complexity index is 1590. The first kappa shape index (κ1) is 23.5. The number of nitrogens with zero attached hydrogens (tertiary/aromatic N) is 2. The number of anilines is 1. The van der Waals surface area contributed by atoms with Gasteiger partial charge in [0.2, 0.25) is 11.5 Å². The van der Waals surface area contributed by atoms with E-state index in [1.807, 2.05) is 25.1 Å². The van der Waals surface area contributed by atoms with Crippen LogP contribution in [0.25, 0.3) is 27.8 Å². The van der Waals surface area contributed by atoms with E-state index < -0.39 is 0 Å². The molecule has 36 heavy (non-hydrogen) atoms. The maximum atomic E-state index is 13.6. The summed E-state index contributed by atoms with van der Waals surface area (Å²) >= 11 is 1.17. The maximum absolute atomic E-state index is 13.6. The van der Waals surface area contributed by atoms with Crippen molar-refractivity contribution in [2.24, 2.45) is 0 Å². The number of methoxy groups -OCH3 is 1. The number of benzene rings is 3. The molecule has 0 saturated carbocycles. The van der Waals surface area contributed by atoms with Gasteiger partial charge in [-0.15, -0.1) is 0 Å². The number of nitrogens with one attached hydrogen (secondary N) is 1. The van der Waals surface area contributed by atoms with Crippen LogP contribution in [-0.4, -0.2) is 34.9 Å². The van der Waals surface area contributed by atoms with E-state index in [-0.39, 0.29) is 22.8 Å². The SMILES string of the molecule is CCOc1ccc(-n2c(SCC(=O)Nc3ccc(OC)cc3)nc3c(oc4ccccc43)c2=O)cc1. The average Bonchev–Trinajstić information content (AvgIpc) is 3.28. The van der Waals surface area contributed by atoms with E-state index in [1.165, 1.54) is 16.3 Å². The molecular formula is C27H23N3O5S. The number of furan rings is 1. The number of ether oxygens (including phenoxy) is 2. The normalized spacial score (nSPS) is 11.1. The lowest BCUT2D eigenvalue weighted by atomic mass is 10.2. The molecule has 5 rings (SSSR count). The lowest BCUT2D eigenvalue weighted by Crippen LogP contribution is -2.22. The largest absolute Gasteiger partial charge is 0.497 e. The van der Waals surface area contributed by atoms with E-state index >= 15 is 0 Å². The van der Waals surface area contributed by atoms with Gasteiger partial charge in [0, 0.05) is 11.1 Å². The Hall–Kier alpha value is -4.24. The molecule has 1 amide bonds. The Balaban J connectivity index is 1.51. The van der Waals surface area contributed by atoms with E-state index in [4.69, 9.17) is 18.9 Å². The minimum Gasteiger partial charge on any atom is -0.497 e. The van der Waals surface area contributed by atoms with Crippen molar-refractivity contribution in [2.45, 2.75) is 12.1 Å². The molecule has 5 aromatic rings. The lowest BCUT2D eigenvalue weighted by molar-refractivity contribution is -0.113. The lowest BCUT2D eigenvalue weighted by Gasteiger charge is -2.12. The Morgan fingerprint density at radius 1 is 1.03 bits per heavy atom. The Labute approximate surface area is 210 Å². The second-order valence-electron chi connectivity index (χ2n) is 7.80. The van der Waals surface area contributed by atoms with Crippen LogP contribution < -0.4 is 20.3 Å². The minimum atomic E-state index is -0.349. The second-order valence-corrected chi connectivity index (χ2v) is 8.75. The molecule has 0 radical (unpaired) electrons. The topological polar surface area (TPSA) is 95.6 Å². The predicted molar refractivity (Wildman–Crippen MR) is 141 cm³/mol. The molecule has 0 atom stereocenters. The number of fused-ring (bicyclic) bond motifs is 3. The maximum Gasteiger partial charge on any atom is 0.302 e. The standard InChI is InChI=1S/C27H23N3O5S/c1-3-34-20-14-10-18(11-15-20)30-26(32)25-24(21-6-4-5-7-22(21)35-25)29-27(30)36-16-23(31)28-17-8-12-19(33-2)13-9-17/h4-15H,3,16H2,1-2H3,(H,28,31). The Kier molecular flexibility index (Phi) is 6.64. The second kappa shape index (κ2) is 10.2. The fourth-order valence-corrected chi connectivity index (χ4v) is 4.61. The van der Waals surface area contributed by atoms with Crippen molar-refractivity contribution in [3.63, 3.8) is 0 Å². The van der Waals surface area contributed by atoms with Crippen LogP contribution in [0.3, 0.4) is 0 Å². The first-order valence-corrected chi connectivity index (χ1v) is 12.3. The van der Waals surface area contributed by atoms with Gasteiger partial charge in [-0.2, -0.15) is 0 Å². The molecule has 182 valence electrons. The predicted octanol–water partition coefficient (Wildman–Crippen LogP) is 5.27. The third-order valence-electron chi connectivity index (χ3n) is 5.48. The summed E-state index contributed by atoms with van der Waals surface area (Å²) in [6.07, 6.45) is 0. The van der Waals surface area contributed by atoms with E-state index in [9.17, 15) is 9.59 Å². The molecule has 2 heterocycles. The van der Waals surface area contributed by atoms with Crippen molar-refractivity contribution in [2.75, 3.05) is 24.8 Å². The first-order valence-electron chi connectivity index (χ1n) is 11.3. The van der Waals surface area contributed by atoms with Crippen molar-refractivity contribution in [3.8, 4) is 17.2 Å². The van der Waals surface area contributed by atoms with Gasteiger partial charge in [0.25, 0.3) is 0 Å². The summed E-state index contributed by atoms with van der Waals surface area (Å²) in [5.74, 6) is 1.22. The highest BCUT2D eigenvalue weighted by atomic mass is 32.2. The summed E-state index contributed by atoms with van der Waals surface area (Å²) in [7, 11) is 1.58. The van der Waals surface area contributed by atoms with E-state index in [2.05, 4.69) is 5.32 Å². The summed E-state index contributed by atoms with van der Waals surface area (Å²) in [5, 5.41) is 3.98. The molecule has 1 N–H and O–H groups in total. The zero-order chi connectivity index (χ0) is 25.1. The number of para-hydroxylation sites is 1. The number of rotatable bonds is 8. The monoisotopic (exact) mass is 501 g/mol.